The molecule has 1 fully saturated rings. The van der Waals surface area contributed by atoms with Gasteiger partial charge in [0, 0.05) is 22.1 Å². The van der Waals surface area contributed by atoms with Crippen LogP contribution in [0.4, 0.5) is 5.69 Å². The van der Waals surface area contributed by atoms with Crippen molar-refractivity contribution in [1.29, 1.82) is 0 Å². The van der Waals surface area contributed by atoms with E-state index in [0.29, 0.717) is 6.04 Å². The van der Waals surface area contributed by atoms with E-state index < -0.39 is 0 Å². The third-order valence-electron chi connectivity index (χ3n) is 3.52. The lowest BCUT2D eigenvalue weighted by molar-refractivity contribution is 0.422. The molecule has 74 valence electrons. The zero-order chi connectivity index (χ0) is 9.54. The molecular weight excluding hydrogens is 238 g/mol. The number of anilines is 1. The molecule has 1 aromatic carbocycles. The predicted molar refractivity (Wildman–Crippen MR) is 62.8 cm³/mol. The smallest absolute Gasteiger partial charge is 0.0379 e. The molecule has 0 bridgehead atoms. The number of hydrogen-bond acceptors (Lipinski definition) is 1. The second kappa shape index (κ2) is 3.27. The first-order valence-corrected chi connectivity index (χ1v) is 6.20. The van der Waals surface area contributed by atoms with E-state index in [0.717, 1.165) is 5.92 Å². The molecule has 2 atom stereocenters. The molecule has 1 heterocycles. The Morgan fingerprint density at radius 2 is 2.07 bits per heavy atom. The molecule has 1 aliphatic carbocycles. The highest BCUT2D eigenvalue weighted by atomic mass is 79.9. The van der Waals surface area contributed by atoms with E-state index in [1.54, 1.807) is 0 Å². The van der Waals surface area contributed by atoms with Crippen molar-refractivity contribution >= 4 is 21.6 Å². The normalized spacial score (nSPS) is 29.2. The number of rotatable bonds is 0. The zero-order valence-corrected chi connectivity index (χ0v) is 9.68. The Labute approximate surface area is 93.0 Å². The average molecular weight is 252 g/mol. The maximum Gasteiger partial charge on any atom is 0.0379 e. The van der Waals surface area contributed by atoms with E-state index in [4.69, 9.17) is 0 Å². The molecule has 3 rings (SSSR count). The third-order valence-corrected chi connectivity index (χ3v) is 4.01. The first kappa shape index (κ1) is 8.78. The summed E-state index contributed by atoms with van der Waals surface area (Å²) in [6.45, 7) is 0. The van der Waals surface area contributed by atoms with Crippen molar-refractivity contribution < 1.29 is 0 Å². The van der Waals surface area contributed by atoms with Gasteiger partial charge in [-0.25, -0.2) is 0 Å². The number of benzene rings is 1. The van der Waals surface area contributed by atoms with Crippen LogP contribution in [0.3, 0.4) is 0 Å². The van der Waals surface area contributed by atoms with Gasteiger partial charge in [-0.2, -0.15) is 0 Å². The first-order valence-electron chi connectivity index (χ1n) is 5.40. The molecule has 0 aromatic heterocycles. The molecule has 14 heavy (non-hydrogen) atoms. The van der Waals surface area contributed by atoms with Crippen LogP contribution in [-0.4, -0.2) is 6.04 Å². The summed E-state index contributed by atoms with van der Waals surface area (Å²) < 4.78 is 1.21. The highest BCUT2D eigenvalue weighted by Gasteiger charge is 2.33. The van der Waals surface area contributed by atoms with Gasteiger partial charge in [-0.1, -0.05) is 28.8 Å². The van der Waals surface area contributed by atoms with Gasteiger partial charge in [-0.15, -0.1) is 0 Å². The lowest BCUT2D eigenvalue weighted by atomic mass is 9.83. The second-order valence-electron chi connectivity index (χ2n) is 4.37. The Kier molecular flexibility index (Phi) is 2.05. The van der Waals surface area contributed by atoms with Crippen LogP contribution in [0.25, 0.3) is 0 Å². The van der Waals surface area contributed by atoms with Crippen molar-refractivity contribution in [2.24, 2.45) is 0 Å². The topological polar surface area (TPSA) is 12.0 Å². The van der Waals surface area contributed by atoms with Crippen LogP contribution in [0, 0.1) is 0 Å². The fraction of sp³-hybridized carbons (Fsp3) is 0.500. The fourth-order valence-corrected chi connectivity index (χ4v) is 3.23. The predicted octanol–water partition coefficient (Wildman–Crippen LogP) is 3.90. The molecule has 1 aliphatic heterocycles. The quantitative estimate of drug-likeness (QED) is 0.738. The Hall–Kier alpha value is -0.500. The van der Waals surface area contributed by atoms with Crippen LogP contribution in [0.2, 0.25) is 0 Å². The molecular formula is C12H14BrN. The highest BCUT2D eigenvalue weighted by molar-refractivity contribution is 9.10. The summed E-state index contributed by atoms with van der Waals surface area (Å²) in [6, 6.07) is 7.34. The Balaban J connectivity index is 2.02. The second-order valence-corrected chi connectivity index (χ2v) is 5.29. The monoisotopic (exact) mass is 251 g/mol. The summed E-state index contributed by atoms with van der Waals surface area (Å²) in [5, 5.41) is 3.64. The summed E-state index contributed by atoms with van der Waals surface area (Å²) >= 11 is 3.55. The minimum Gasteiger partial charge on any atom is -0.381 e. The van der Waals surface area contributed by atoms with E-state index in [-0.39, 0.29) is 0 Å². The minimum atomic E-state index is 0.716. The molecule has 0 radical (unpaired) electrons. The number of halogens is 1. The summed E-state index contributed by atoms with van der Waals surface area (Å²) in [5.74, 6) is 0.774. The van der Waals surface area contributed by atoms with Crippen molar-refractivity contribution in [3.8, 4) is 0 Å². The van der Waals surface area contributed by atoms with Gasteiger partial charge in [0.25, 0.3) is 0 Å². The van der Waals surface area contributed by atoms with Gasteiger partial charge >= 0.3 is 0 Å². The molecule has 0 amide bonds. The van der Waals surface area contributed by atoms with Crippen LogP contribution in [0.15, 0.2) is 22.7 Å². The standard InChI is InChI=1S/C12H14BrN/c13-8-5-6-12-10(7-8)9-3-1-2-4-11(9)14-12/h5-7,9,11,14H,1-4H2/t9-,11-/m0/s1. The first-order chi connectivity index (χ1) is 6.84. The molecule has 2 heteroatoms. The van der Waals surface area contributed by atoms with E-state index >= 15 is 0 Å². The van der Waals surface area contributed by atoms with E-state index in [1.807, 2.05) is 0 Å². The molecule has 2 aliphatic rings. The van der Waals surface area contributed by atoms with Gasteiger partial charge in [-0.05, 0) is 36.6 Å². The molecule has 1 N–H and O–H groups in total. The Morgan fingerprint density at radius 3 is 3.00 bits per heavy atom. The van der Waals surface area contributed by atoms with Crippen molar-refractivity contribution in [3.63, 3.8) is 0 Å². The molecule has 0 unspecified atom stereocenters. The number of nitrogens with one attached hydrogen (secondary N) is 1. The summed E-state index contributed by atoms with van der Waals surface area (Å²) in [6.07, 6.45) is 5.50. The van der Waals surface area contributed by atoms with Crippen LogP contribution < -0.4 is 5.32 Å². The molecule has 1 saturated carbocycles. The summed E-state index contributed by atoms with van der Waals surface area (Å²) in [7, 11) is 0. The summed E-state index contributed by atoms with van der Waals surface area (Å²) in [5.41, 5.74) is 2.90. The molecule has 1 nitrogen and oxygen atoms in total. The van der Waals surface area contributed by atoms with Gasteiger partial charge in [-0.3, -0.25) is 0 Å². The molecule has 0 spiro atoms. The SMILES string of the molecule is Brc1ccc2c(c1)[C@@H]1CCCC[C@@H]1N2. The average Bonchev–Trinajstić information content (AvgIpc) is 2.56. The molecule has 0 saturated heterocycles. The van der Waals surface area contributed by atoms with Gasteiger partial charge in [0.05, 0.1) is 0 Å². The van der Waals surface area contributed by atoms with Crippen molar-refractivity contribution in [2.45, 2.75) is 37.6 Å². The van der Waals surface area contributed by atoms with Crippen LogP contribution in [0.1, 0.15) is 37.2 Å². The van der Waals surface area contributed by atoms with Crippen molar-refractivity contribution in [1.82, 2.24) is 0 Å². The summed E-state index contributed by atoms with van der Waals surface area (Å²) in [4.78, 5) is 0. The molecule has 1 aromatic rings. The van der Waals surface area contributed by atoms with Crippen LogP contribution in [0.5, 0.6) is 0 Å². The Bertz CT molecular complexity index is 361. The largest absolute Gasteiger partial charge is 0.381 e. The van der Waals surface area contributed by atoms with Gasteiger partial charge < -0.3 is 5.32 Å². The van der Waals surface area contributed by atoms with Gasteiger partial charge in [0.2, 0.25) is 0 Å². The van der Waals surface area contributed by atoms with E-state index in [2.05, 4.69) is 39.4 Å². The number of hydrogen-bond donors (Lipinski definition) is 1. The van der Waals surface area contributed by atoms with Crippen LogP contribution in [-0.2, 0) is 0 Å². The van der Waals surface area contributed by atoms with Crippen LogP contribution >= 0.6 is 15.9 Å². The highest BCUT2D eigenvalue weighted by Crippen LogP contribution is 2.44. The zero-order valence-electron chi connectivity index (χ0n) is 8.09. The Morgan fingerprint density at radius 1 is 1.21 bits per heavy atom. The van der Waals surface area contributed by atoms with Gasteiger partial charge in [0.1, 0.15) is 0 Å². The number of fused-ring (bicyclic) bond motifs is 3. The fourth-order valence-electron chi connectivity index (χ4n) is 2.85. The maximum atomic E-state index is 3.64. The van der Waals surface area contributed by atoms with Gasteiger partial charge in [0.15, 0.2) is 0 Å². The van der Waals surface area contributed by atoms with Crippen molar-refractivity contribution in [3.05, 3.63) is 28.2 Å². The lowest BCUT2D eigenvalue weighted by Gasteiger charge is -2.25. The lowest BCUT2D eigenvalue weighted by Crippen LogP contribution is -2.23. The van der Waals surface area contributed by atoms with E-state index in [9.17, 15) is 0 Å². The van der Waals surface area contributed by atoms with E-state index in [1.165, 1.54) is 41.4 Å². The maximum absolute atomic E-state index is 3.64. The third kappa shape index (κ3) is 1.28. The van der Waals surface area contributed by atoms with Crippen molar-refractivity contribution in [2.75, 3.05) is 5.32 Å². The minimum absolute atomic E-state index is 0.716.